The summed E-state index contributed by atoms with van der Waals surface area (Å²) in [5.41, 5.74) is 1.05. The molecule has 7 heteroatoms. The molecule has 0 amide bonds. The molecule has 0 aliphatic carbocycles. The van der Waals surface area contributed by atoms with Crippen molar-refractivity contribution in [3.8, 4) is 0 Å². The van der Waals surface area contributed by atoms with Crippen LogP contribution in [-0.2, 0) is 6.42 Å². The van der Waals surface area contributed by atoms with Gasteiger partial charge in [-0.1, -0.05) is 65.8 Å². The molecule has 0 aliphatic heterocycles. The molecule has 0 bridgehead atoms. The first-order chi connectivity index (χ1) is 14.6. The SMILES string of the molecule is Cc1noc([C@H](Cc2ccncc2)P(c2ccccc2)c2ccccc2)c1[N+](=O)[O-]. The molecule has 0 fully saturated rings. The quantitative estimate of drug-likeness (QED) is 0.247. The van der Waals surface area contributed by atoms with Gasteiger partial charge in [0, 0.05) is 12.4 Å². The Morgan fingerprint density at radius 2 is 1.53 bits per heavy atom. The maximum absolute atomic E-state index is 11.9. The molecule has 2 heterocycles. The van der Waals surface area contributed by atoms with Gasteiger partial charge in [0.1, 0.15) is 0 Å². The molecule has 2 aromatic carbocycles. The Kier molecular flexibility index (Phi) is 5.96. The fraction of sp³-hybridized carbons (Fsp3) is 0.130. The molecule has 2 aromatic heterocycles. The second-order valence-electron chi connectivity index (χ2n) is 6.85. The predicted octanol–water partition coefficient (Wildman–Crippen LogP) is 4.70. The van der Waals surface area contributed by atoms with Crippen molar-refractivity contribution in [3.05, 3.63) is 112 Å². The molecule has 0 spiro atoms. The van der Waals surface area contributed by atoms with Crippen LogP contribution in [0.4, 0.5) is 5.69 Å². The maximum Gasteiger partial charge on any atom is 0.335 e. The second-order valence-corrected chi connectivity index (χ2v) is 9.25. The van der Waals surface area contributed by atoms with Crippen LogP contribution in [-0.4, -0.2) is 15.1 Å². The molecule has 150 valence electrons. The van der Waals surface area contributed by atoms with Gasteiger partial charge in [0.25, 0.3) is 0 Å². The van der Waals surface area contributed by atoms with E-state index < -0.39 is 7.92 Å². The van der Waals surface area contributed by atoms with Crippen molar-refractivity contribution in [2.24, 2.45) is 0 Å². The number of nitrogens with zero attached hydrogens (tertiary/aromatic N) is 3. The molecule has 4 aromatic rings. The van der Waals surface area contributed by atoms with Crippen LogP contribution in [0.5, 0.6) is 0 Å². The first-order valence-corrected chi connectivity index (χ1v) is 10.9. The van der Waals surface area contributed by atoms with E-state index in [1.807, 2.05) is 48.5 Å². The van der Waals surface area contributed by atoms with Crippen molar-refractivity contribution in [3.63, 3.8) is 0 Å². The molecule has 0 unspecified atom stereocenters. The number of aryl methyl sites for hydroxylation is 1. The molecule has 0 aliphatic rings. The summed E-state index contributed by atoms with van der Waals surface area (Å²) in [7, 11) is -1.00. The average Bonchev–Trinajstić information content (AvgIpc) is 3.17. The molecular formula is C23H20N3O3P. The van der Waals surface area contributed by atoms with Crippen LogP contribution >= 0.6 is 7.92 Å². The molecule has 0 saturated heterocycles. The van der Waals surface area contributed by atoms with E-state index in [9.17, 15) is 10.1 Å². The highest BCUT2D eigenvalue weighted by Crippen LogP contribution is 2.53. The standard InChI is InChI=1S/C23H20N3O3P/c1-17-22(26(27)28)23(29-25-17)21(16-18-12-14-24-15-13-18)30(19-8-4-2-5-9-19)20-10-6-3-7-11-20/h2-15,21H,16H2,1H3/t21-/m0/s1. The van der Waals surface area contributed by atoms with E-state index in [2.05, 4.69) is 34.4 Å². The highest BCUT2D eigenvalue weighted by Gasteiger charge is 2.37. The zero-order valence-electron chi connectivity index (χ0n) is 16.4. The van der Waals surface area contributed by atoms with E-state index in [4.69, 9.17) is 4.52 Å². The number of nitro groups is 1. The van der Waals surface area contributed by atoms with E-state index in [0.717, 1.165) is 16.2 Å². The largest absolute Gasteiger partial charge is 0.353 e. The molecule has 0 radical (unpaired) electrons. The monoisotopic (exact) mass is 417 g/mol. The number of benzene rings is 2. The zero-order valence-corrected chi connectivity index (χ0v) is 17.3. The number of hydrogen-bond donors (Lipinski definition) is 0. The highest BCUT2D eigenvalue weighted by atomic mass is 31.1. The van der Waals surface area contributed by atoms with E-state index in [0.29, 0.717) is 17.9 Å². The fourth-order valence-electron chi connectivity index (χ4n) is 3.55. The van der Waals surface area contributed by atoms with Gasteiger partial charge < -0.3 is 4.52 Å². The Bertz CT molecular complexity index is 1080. The Morgan fingerprint density at radius 3 is 2.07 bits per heavy atom. The lowest BCUT2D eigenvalue weighted by Gasteiger charge is -2.26. The van der Waals surface area contributed by atoms with Crippen LogP contribution in [0.3, 0.4) is 0 Å². The third-order valence-corrected chi connectivity index (χ3v) is 7.65. The van der Waals surface area contributed by atoms with E-state index >= 15 is 0 Å². The van der Waals surface area contributed by atoms with Crippen molar-refractivity contribution in [2.45, 2.75) is 19.0 Å². The topological polar surface area (TPSA) is 82.1 Å². The lowest BCUT2D eigenvalue weighted by Crippen LogP contribution is -2.19. The summed E-state index contributed by atoms with van der Waals surface area (Å²) in [6.07, 6.45) is 4.05. The molecule has 0 N–H and O–H groups in total. The lowest BCUT2D eigenvalue weighted by atomic mass is 10.1. The Labute approximate surface area is 175 Å². The van der Waals surface area contributed by atoms with Crippen LogP contribution in [0.15, 0.2) is 89.7 Å². The Balaban J connectivity index is 1.91. The minimum absolute atomic E-state index is 0.0339. The molecule has 6 nitrogen and oxygen atoms in total. The molecule has 0 saturated carbocycles. The van der Waals surface area contributed by atoms with Gasteiger partial charge in [0.2, 0.25) is 5.76 Å². The van der Waals surface area contributed by atoms with Gasteiger partial charge in [-0.15, -0.1) is 0 Å². The van der Waals surface area contributed by atoms with Crippen molar-refractivity contribution in [2.75, 3.05) is 0 Å². The van der Waals surface area contributed by atoms with Gasteiger partial charge in [0.05, 0.1) is 10.6 Å². The van der Waals surface area contributed by atoms with Gasteiger partial charge in [-0.2, -0.15) is 0 Å². The Morgan fingerprint density at radius 1 is 0.967 bits per heavy atom. The van der Waals surface area contributed by atoms with Gasteiger partial charge >= 0.3 is 5.69 Å². The lowest BCUT2D eigenvalue weighted by molar-refractivity contribution is -0.386. The van der Waals surface area contributed by atoms with E-state index in [-0.39, 0.29) is 16.3 Å². The third-order valence-electron chi connectivity index (χ3n) is 4.90. The summed E-state index contributed by atoms with van der Waals surface area (Å²) in [4.78, 5) is 15.6. The third kappa shape index (κ3) is 4.14. The normalized spacial score (nSPS) is 12.1. The second kappa shape index (κ2) is 8.97. The van der Waals surface area contributed by atoms with Crippen molar-refractivity contribution < 1.29 is 9.45 Å². The summed E-state index contributed by atoms with van der Waals surface area (Å²) < 4.78 is 5.62. The number of pyridine rings is 1. The number of aromatic nitrogens is 2. The van der Waals surface area contributed by atoms with Crippen LogP contribution in [0.25, 0.3) is 0 Å². The van der Waals surface area contributed by atoms with Crippen molar-refractivity contribution in [1.82, 2.24) is 10.1 Å². The molecule has 4 rings (SSSR count). The predicted molar refractivity (Wildman–Crippen MR) is 118 cm³/mol. The van der Waals surface area contributed by atoms with Crippen molar-refractivity contribution in [1.29, 1.82) is 0 Å². The zero-order chi connectivity index (χ0) is 20.9. The minimum atomic E-state index is -1.00. The van der Waals surface area contributed by atoms with E-state index in [1.54, 1.807) is 19.3 Å². The number of rotatable bonds is 7. The fourth-order valence-corrected chi connectivity index (χ4v) is 6.35. The van der Waals surface area contributed by atoms with Crippen LogP contribution in [0, 0.1) is 17.0 Å². The molecule has 30 heavy (non-hydrogen) atoms. The summed E-state index contributed by atoms with van der Waals surface area (Å²) >= 11 is 0. The minimum Gasteiger partial charge on any atom is -0.353 e. The van der Waals surface area contributed by atoms with Gasteiger partial charge in [0.15, 0.2) is 5.69 Å². The summed E-state index contributed by atoms with van der Waals surface area (Å²) in [6, 6.07) is 24.1. The highest BCUT2D eigenvalue weighted by molar-refractivity contribution is 7.73. The first-order valence-electron chi connectivity index (χ1n) is 9.54. The average molecular weight is 417 g/mol. The number of hydrogen-bond acceptors (Lipinski definition) is 5. The van der Waals surface area contributed by atoms with Gasteiger partial charge in [-0.3, -0.25) is 15.1 Å². The van der Waals surface area contributed by atoms with Crippen LogP contribution in [0.2, 0.25) is 0 Å². The van der Waals surface area contributed by atoms with Gasteiger partial charge in [-0.05, 0) is 49.6 Å². The van der Waals surface area contributed by atoms with E-state index in [1.165, 1.54) is 0 Å². The summed E-state index contributed by atoms with van der Waals surface area (Å²) in [6.45, 7) is 1.61. The summed E-state index contributed by atoms with van der Waals surface area (Å²) in [5, 5.41) is 18.1. The van der Waals surface area contributed by atoms with Gasteiger partial charge in [-0.25, -0.2) is 0 Å². The maximum atomic E-state index is 11.9. The summed E-state index contributed by atoms with van der Waals surface area (Å²) in [5.74, 6) is 0.327. The van der Waals surface area contributed by atoms with Crippen molar-refractivity contribution >= 4 is 24.2 Å². The first kappa shape index (κ1) is 19.9. The molecular weight excluding hydrogens is 397 g/mol. The van der Waals surface area contributed by atoms with Crippen LogP contribution < -0.4 is 10.6 Å². The molecule has 1 atom stereocenters. The van der Waals surface area contributed by atoms with Crippen LogP contribution in [0.1, 0.15) is 22.7 Å². The smallest absolute Gasteiger partial charge is 0.335 e. The Hall–Kier alpha value is -3.37.